The number of benzene rings is 1. The van der Waals surface area contributed by atoms with E-state index in [1.54, 1.807) is 19.1 Å². The molecule has 0 aliphatic heterocycles. The van der Waals surface area contributed by atoms with Crippen LogP contribution in [0.15, 0.2) is 24.3 Å². The van der Waals surface area contributed by atoms with Gasteiger partial charge in [0.1, 0.15) is 0 Å². The molecule has 0 aliphatic carbocycles. The number of aryl methyl sites for hydroxylation is 1. The number of aliphatic carboxylic acids is 1. The van der Waals surface area contributed by atoms with E-state index in [9.17, 15) is 9.59 Å². The number of carboxylic acids is 1. The van der Waals surface area contributed by atoms with Gasteiger partial charge in [0.15, 0.2) is 0 Å². The van der Waals surface area contributed by atoms with Gasteiger partial charge in [0, 0.05) is 24.6 Å². The first-order chi connectivity index (χ1) is 8.49. The third-order valence-corrected chi connectivity index (χ3v) is 2.41. The Morgan fingerprint density at radius 1 is 1.39 bits per heavy atom. The molecular formula is C13H18N2O3. The van der Waals surface area contributed by atoms with Crippen LogP contribution in [0.4, 0.5) is 5.69 Å². The van der Waals surface area contributed by atoms with Gasteiger partial charge >= 0.3 is 5.97 Å². The van der Waals surface area contributed by atoms with Gasteiger partial charge in [-0.25, -0.2) is 0 Å². The summed E-state index contributed by atoms with van der Waals surface area (Å²) in [5.41, 5.74) is 7.02. The van der Waals surface area contributed by atoms with Crippen LogP contribution in [0, 0.1) is 0 Å². The molecule has 0 saturated heterocycles. The second-order valence-corrected chi connectivity index (χ2v) is 4.28. The van der Waals surface area contributed by atoms with E-state index >= 15 is 0 Å². The maximum Gasteiger partial charge on any atom is 0.303 e. The number of hydrogen-bond donors (Lipinski definition) is 3. The molecule has 18 heavy (non-hydrogen) atoms. The summed E-state index contributed by atoms with van der Waals surface area (Å²) >= 11 is 0. The van der Waals surface area contributed by atoms with Crippen molar-refractivity contribution in [2.75, 3.05) is 5.32 Å². The number of hydrogen-bond acceptors (Lipinski definition) is 3. The highest BCUT2D eigenvalue weighted by Crippen LogP contribution is 2.17. The zero-order valence-corrected chi connectivity index (χ0v) is 10.3. The van der Waals surface area contributed by atoms with Gasteiger partial charge in [0.25, 0.3) is 0 Å². The monoisotopic (exact) mass is 250 g/mol. The van der Waals surface area contributed by atoms with Gasteiger partial charge in [0.2, 0.25) is 5.91 Å². The Labute approximate surface area is 106 Å². The molecule has 1 amide bonds. The van der Waals surface area contributed by atoms with E-state index in [1.165, 1.54) is 0 Å². The maximum atomic E-state index is 11.6. The van der Waals surface area contributed by atoms with Crippen LogP contribution in [0.5, 0.6) is 0 Å². The van der Waals surface area contributed by atoms with Crippen molar-refractivity contribution >= 4 is 17.6 Å². The van der Waals surface area contributed by atoms with Gasteiger partial charge in [-0.1, -0.05) is 18.2 Å². The summed E-state index contributed by atoms with van der Waals surface area (Å²) in [6.07, 6.45) is 0.678. The zero-order valence-electron chi connectivity index (χ0n) is 10.3. The van der Waals surface area contributed by atoms with Crippen molar-refractivity contribution in [1.29, 1.82) is 0 Å². The molecule has 1 aromatic rings. The van der Waals surface area contributed by atoms with Crippen LogP contribution in [0.3, 0.4) is 0 Å². The van der Waals surface area contributed by atoms with Crippen LogP contribution in [-0.4, -0.2) is 23.0 Å². The minimum atomic E-state index is -0.855. The van der Waals surface area contributed by atoms with Crippen molar-refractivity contribution in [3.63, 3.8) is 0 Å². The van der Waals surface area contributed by atoms with Gasteiger partial charge in [0.05, 0.1) is 0 Å². The van der Waals surface area contributed by atoms with Crippen molar-refractivity contribution in [2.24, 2.45) is 5.73 Å². The van der Waals surface area contributed by atoms with E-state index in [1.807, 2.05) is 12.1 Å². The minimum Gasteiger partial charge on any atom is -0.481 e. The quantitative estimate of drug-likeness (QED) is 0.711. The summed E-state index contributed by atoms with van der Waals surface area (Å²) in [5.74, 6) is -1.01. The molecule has 1 rings (SSSR count). The summed E-state index contributed by atoms with van der Waals surface area (Å²) in [4.78, 5) is 22.2. The second kappa shape index (κ2) is 6.76. The molecule has 0 heterocycles. The van der Waals surface area contributed by atoms with Crippen molar-refractivity contribution in [3.8, 4) is 0 Å². The lowest BCUT2D eigenvalue weighted by Crippen LogP contribution is -2.24. The van der Waals surface area contributed by atoms with Crippen LogP contribution in [-0.2, 0) is 16.0 Å². The average Bonchev–Trinajstić information content (AvgIpc) is 2.26. The van der Waals surface area contributed by atoms with E-state index in [4.69, 9.17) is 10.8 Å². The van der Waals surface area contributed by atoms with E-state index in [-0.39, 0.29) is 24.8 Å². The molecule has 0 aliphatic rings. The Hall–Kier alpha value is -1.88. The van der Waals surface area contributed by atoms with E-state index in [2.05, 4.69) is 5.32 Å². The zero-order chi connectivity index (χ0) is 13.5. The molecule has 0 aromatic heterocycles. The molecular weight excluding hydrogens is 232 g/mol. The number of nitrogens with one attached hydrogen (secondary N) is 1. The molecule has 1 aromatic carbocycles. The summed E-state index contributed by atoms with van der Waals surface area (Å²) < 4.78 is 0. The van der Waals surface area contributed by atoms with Crippen LogP contribution in [0.25, 0.3) is 0 Å². The summed E-state index contributed by atoms with van der Waals surface area (Å²) in [6.45, 7) is 1.76. The average molecular weight is 250 g/mol. The van der Waals surface area contributed by atoms with Gasteiger partial charge in [-0.15, -0.1) is 0 Å². The Morgan fingerprint density at radius 3 is 2.67 bits per heavy atom. The number of anilines is 1. The van der Waals surface area contributed by atoms with Crippen LogP contribution < -0.4 is 11.1 Å². The Morgan fingerprint density at radius 2 is 2.06 bits per heavy atom. The molecule has 0 saturated carbocycles. The SMILES string of the molecule is CC(N)CC(=O)Nc1ccccc1CCC(=O)O. The molecule has 0 bridgehead atoms. The second-order valence-electron chi connectivity index (χ2n) is 4.28. The van der Waals surface area contributed by atoms with Crippen molar-refractivity contribution < 1.29 is 14.7 Å². The highest BCUT2D eigenvalue weighted by atomic mass is 16.4. The number of nitrogens with two attached hydrogens (primary N) is 1. The third-order valence-electron chi connectivity index (χ3n) is 2.41. The molecule has 1 atom stereocenters. The van der Waals surface area contributed by atoms with Gasteiger partial charge in [-0.2, -0.15) is 0 Å². The topological polar surface area (TPSA) is 92.4 Å². The number of carbonyl (C=O) groups is 2. The number of rotatable bonds is 6. The lowest BCUT2D eigenvalue weighted by molar-refractivity contribution is -0.136. The summed E-state index contributed by atoms with van der Waals surface area (Å²) in [5, 5.41) is 11.4. The molecule has 0 radical (unpaired) electrons. The van der Waals surface area contributed by atoms with Crippen LogP contribution >= 0.6 is 0 Å². The minimum absolute atomic E-state index is 0.0418. The molecule has 0 spiro atoms. The van der Waals surface area contributed by atoms with E-state index < -0.39 is 5.97 Å². The van der Waals surface area contributed by atoms with Crippen molar-refractivity contribution in [2.45, 2.75) is 32.2 Å². The Balaban J connectivity index is 2.69. The first-order valence-electron chi connectivity index (χ1n) is 5.84. The molecule has 5 heteroatoms. The molecule has 98 valence electrons. The maximum absolute atomic E-state index is 11.6. The first kappa shape index (κ1) is 14.2. The number of carbonyl (C=O) groups excluding carboxylic acids is 1. The molecule has 1 unspecified atom stereocenters. The largest absolute Gasteiger partial charge is 0.481 e. The third kappa shape index (κ3) is 4.97. The highest BCUT2D eigenvalue weighted by Gasteiger charge is 2.09. The van der Waals surface area contributed by atoms with Crippen LogP contribution in [0.1, 0.15) is 25.3 Å². The van der Waals surface area contributed by atoms with Gasteiger partial charge < -0.3 is 16.2 Å². The Bertz CT molecular complexity index is 430. The highest BCUT2D eigenvalue weighted by molar-refractivity contribution is 5.91. The van der Waals surface area contributed by atoms with Crippen LogP contribution in [0.2, 0.25) is 0 Å². The molecule has 5 nitrogen and oxygen atoms in total. The van der Waals surface area contributed by atoms with Gasteiger partial charge in [-0.05, 0) is 25.0 Å². The fourth-order valence-electron chi connectivity index (χ4n) is 1.60. The number of amides is 1. The smallest absolute Gasteiger partial charge is 0.303 e. The van der Waals surface area contributed by atoms with Gasteiger partial charge in [-0.3, -0.25) is 9.59 Å². The fraction of sp³-hybridized carbons (Fsp3) is 0.385. The summed E-state index contributed by atoms with van der Waals surface area (Å²) in [6, 6.07) is 6.99. The van der Waals surface area contributed by atoms with Crippen molar-refractivity contribution in [1.82, 2.24) is 0 Å². The van der Waals surface area contributed by atoms with Crippen molar-refractivity contribution in [3.05, 3.63) is 29.8 Å². The Kier molecular flexibility index (Phi) is 5.32. The summed E-state index contributed by atoms with van der Waals surface area (Å²) in [7, 11) is 0. The number of carboxylic acid groups (broad SMARTS) is 1. The molecule has 0 fully saturated rings. The lowest BCUT2D eigenvalue weighted by Gasteiger charge is -2.11. The van der Waals surface area contributed by atoms with E-state index in [0.717, 1.165) is 5.56 Å². The normalized spacial score (nSPS) is 11.9. The first-order valence-corrected chi connectivity index (χ1v) is 5.84. The van der Waals surface area contributed by atoms with E-state index in [0.29, 0.717) is 12.1 Å². The lowest BCUT2D eigenvalue weighted by atomic mass is 10.1. The standard InChI is InChI=1S/C13H18N2O3/c1-9(14)8-12(16)15-11-5-3-2-4-10(11)6-7-13(17)18/h2-5,9H,6-8,14H2,1H3,(H,15,16)(H,17,18). The fourth-order valence-corrected chi connectivity index (χ4v) is 1.60. The predicted molar refractivity (Wildman–Crippen MR) is 69.3 cm³/mol. The predicted octanol–water partition coefficient (Wildman–Crippen LogP) is 1.38. The number of para-hydroxylation sites is 1. The molecule has 4 N–H and O–H groups in total.